The summed E-state index contributed by atoms with van der Waals surface area (Å²) in [5.41, 5.74) is 2.01. The zero-order chi connectivity index (χ0) is 24.7. The molecule has 0 spiro atoms. The van der Waals surface area contributed by atoms with Crippen LogP contribution in [-0.2, 0) is 21.2 Å². The molecule has 2 aromatic carbocycles. The zero-order valence-corrected chi connectivity index (χ0v) is 19.9. The molecule has 0 saturated heterocycles. The summed E-state index contributed by atoms with van der Waals surface area (Å²) in [7, 11) is -4.40. The second-order valence-electron chi connectivity index (χ2n) is 7.04. The average molecular weight is 532 g/mol. The Hall–Kier alpha value is -2.80. The number of hydrogen-bond acceptors (Lipinski definition) is 7. The quantitative estimate of drug-likeness (QED) is 0.291. The van der Waals surface area contributed by atoms with Gasteiger partial charge in [0.25, 0.3) is 10.0 Å². The van der Waals surface area contributed by atoms with Gasteiger partial charge < -0.3 is 15.2 Å². The molecule has 0 fully saturated rings. The Morgan fingerprint density at radius 2 is 1.94 bits per heavy atom. The molecule has 34 heavy (non-hydrogen) atoms. The first kappa shape index (κ1) is 25.8. The van der Waals surface area contributed by atoms with E-state index < -0.39 is 38.3 Å². The predicted molar refractivity (Wildman–Crippen MR) is 124 cm³/mol. The molecule has 1 aromatic heterocycles. The maximum absolute atomic E-state index is 14.7. The van der Waals surface area contributed by atoms with E-state index in [0.29, 0.717) is 48.6 Å². The number of carbonyl (C=O) groups is 1. The molecular weight excluding hydrogens is 512 g/mol. The van der Waals surface area contributed by atoms with Gasteiger partial charge in [0, 0.05) is 29.1 Å². The number of rotatable bonds is 12. The predicted octanol–water partition coefficient (Wildman–Crippen LogP) is 4.66. The third kappa shape index (κ3) is 7.10. The van der Waals surface area contributed by atoms with E-state index in [2.05, 4.69) is 15.0 Å². The maximum Gasteiger partial charge on any atom is 0.304 e. The number of hydrogen-bond donors (Lipinski definition) is 3. The van der Waals surface area contributed by atoms with Crippen LogP contribution in [0.3, 0.4) is 0 Å². The Kier molecular flexibility index (Phi) is 8.78. The van der Waals surface area contributed by atoms with Crippen molar-refractivity contribution in [2.75, 3.05) is 17.8 Å². The third-order valence-electron chi connectivity index (χ3n) is 4.50. The van der Waals surface area contributed by atoms with Gasteiger partial charge in [-0.15, -0.1) is 11.3 Å². The van der Waals surface area contributed by atoms with E-state index in [-0.39, 0.29) is 18.0 Å². The number of nitrogens with one attached hydrogen (secondary N) is 2. The highest BCUT2D eigenvalue weighted by Gasteiger charge is 2.24. The molecule has 0 aliphatic carbocycles. The number of carboxylic acid groups (broad SMARTS) is 1. The van der Waals surface area contributed by atoms with Crippen molar-refractivity contribution in [1.82, 2.24) is 10.3 Å². The minimum absolute atomic E-state index is 0.00137. The van der Waals surface area contributed by atoms with Crippen molar-refractivity contribution in [2.45, 2.75) is 24.2 Å². The van der Waals surface area contributed by atoms with Gasteiger partial charge in [0.05, 0.1) is 11.9 Å². The molecule has 0 radical (unpaired) electrons. The molecule has 0 amide bonds. The largest absolute Gasteiger partial charge is 0.481 e. The van der Waals surface area contributed by atoms with Crippen LogP contribution in [0.15, 0.2) is 46.1 Å². The van der Waals surface area contributed by atoms with Gasteiger partial charge in [-0.3, -0.25) is 9.52 Å². The fraction of sp³-hybridized carbons (Fsp3) is 0.238. The molecule has 0 aliphatic rings. The standard InChI is InChI=1S/C21H20ClF2N3O5S2/c22-14-3-4-17(13(8-14)2-1-6-25-7-5-21(28)29)32-18-9-16(24)19(10-15(18)23)34(30,31)27-20-11-33-12-26-20/h3-4,8-12,25,27H,1-2,5-7H2,(H,28,29). The van der Waals surface area contributed by atoms with Gasteiger partial charge in [0.1, 0.15) is 16.5 Å². The molecular formula is C21H20ClF2N3O5S2. The monoisotopic (exact) mass is 531 g/mol. The van der Waals surface area contributed by atoms with Gasteiger partial charge in [-0.1, -0.05) is 11.6 Å². The number of aromatic nitrogens is 1. The highest BCUT2D eigenvalue weighted by atomic mass is 35.5. The molecule has 3 N–H and O–H groups in total. The van der Waals surface area contributed by atoms with Crippen molar-refractivity contribution in [3.63, 3.8) is 0 Å². The van der Waals surface area contributed by atoms with Gasteiger partial charge in [-0.2, -0.15) is 0 Å². The van der Waals surface area contributed by atoms with Crippen LogP contribution in [0.2, 0.25) is 5.02 Å². The fourth-order valence-electron chi connectivity index (χ4n) is 2.94. The molecule has 8 nitrogen and oxygen atoms in total. The average Bonchev–Trinajstić information content (AvgIpc) is 3.26. The van der Waals surface area contributed by atoms with Crippen LogP contribution in [0.1, 0.15) is 18.4 Å². The van der Waals surface area contributed by atoms with Crippen LogP contribution in [0.5, 0.6) is 11.5 Å². The highest BCUT2D eigenvalue weighted by molar-refractivity contribution is 7.92. The first-order valence-electron chi connectivity index (χ1n) is 9.94. The van der Waals surface area contributed by atoms with Gasteiger partial charge >= 0.3 is 5.97 Å². The number of aliphatic carboxylic acids is 1. The summed E-state index contributed by atoms with van der Waals surface area (Å²) < 4.78 is 61.8. The number of nitrogens with zero attached hydrogens (tertiary/aromatic N) is 1. The Morgan fingerprint density at radius 1 is 1.15 bits per heavy atom. The van der Waals surface area contributed by atoms with E-state index in [1.807, 2.05) is 0 Å². The van der Waals surface area contributed by atoms with Crippen LogP contribution in [-0.4, -0.2) is 37.6 Å². The summed E-state index contributed by atoms with van der Waals surface area (Å²) in [6, 6.07) is 5.86. The summed E-state index contributed by atoms with van der Waals surface area (Å²) in [6.45, 7) is 0.853. The van der Waals surface area contributed by atoms with Crippen molar-refractivity contribution < 1.29 is 31.8 Å². The number of aryl methyl sites for hydroxylation is 1. The summed E-state index contributed by atoms with van der Waals surface area (Å²) in [5.74, 6) is -3.44. The zero-order valence-electron chi connectivity index (χ0n) is 17.6. The fourth-order valence-corrected chi connectivity index (χ4v) is 4.76. The lowest BCUT2D eigenvalue weighted by atomic mass is 10.1. The number of anilines is 1. The Labute approximate surface area is 203 Å². The SMILES string of the molecule is O=C(O)CCNCCCc1cc(Cl)ccc1Oc1cc(F)c(S(=O)(=O)Nc2cscn2)cc1F. The summed E-state index contributed by atoms with van der Waals surface area (Å²) in [6.07, 6.45) is 1.07. The Bertz CT molecular complexity index is 1260. The molecule has 182 valence electrons. The first-order chi connectivity index (χ1) is 16.2. The van der Waals surface area contributed by atoms with E-state index in [1.54, 1.807) is 6.07 Å². The normalized spacial score (nSPS) is 11.4. The van der Waals surface area contributed by atoms with Gasteiger partial charge in [-0.05, 0) is 43.1 Å². The van der Waals surface area contributed by atoms with Gasteiger partial charge in [-0.25, -0.2) is 22.2 Å². The molecule has 0 unspecified atom stereocenters. The van der Waals surface area contributed by atoms with E-state index >= 15 is 0 Å². The second kappa shape index (κ2) is 11.6. The number of carboxylic acids is 1. The lowest BCUT2D eigenvalue weighted by Gasteiger charge is -2.14. The van der Waals surface area contributed by atoms with E-state index in [9.17, 15) is 22.0 Å². The number of thiazole rings is 1. The summed E-state index contributed by atoms with van der Waals surface area (Å²) in [5, 5.41) is 13.5. The molecule has 0 atom stereocenters. The summed E-state index contributed by atoms with van der Waals surface area (Å²) >= 11 is 7.19. The topological polar surface area (TPSA) is 118 Å². The number of benzene rings is 2. The minimum Gasteiger partial charge on any atom is -0.481 e. The van der Waals surface area contributed by atoms with Crippen molar-refractivity contribution in [3.8, 4) is 11.5 Å². The molecule has 0 bridgehead atoms. The molecule has 13 heteroatoms. The smallest absolute Gasteiger partial charge is 0.304 e. The first-order valence-corrected chi connectivity index (χ1v) is 12.7. The Morgan fingerprint density at radius 3 is 2.65 bits per heavy atom. The number of ether oxygens (including phenoxy) is 1. The van der Waals surface area contributed by atoms with Crippen LogP contribution < -0.4 is 14.8 Å². The van der Waals surface area contributed by atoms with Gasteiger partial charge in [0.15, 0.2) is 17.4 Å². The van der Waals surface area contributed by atoms with Crippen molar-refractivity contribution in [1.29, 1.82) is 0 Å². The number of halogens is 3. The highest BCUT2D eigenvalue weighted by Crippen LogP contribution is 2.33. The van der Waals surface area contributed by atoms with Crippen LogP contribution in [0.25, 0.3) is 0 Å². The van der Waals surface area contributed by atoms with Gasteiger partial charge in [0.2, 0.25) is 0 Å². The van der Waals surface area contributed by atoms with Crippen LogP contribution in [0.4, 0.5) is 14.6 Å². The minimum atomic E-state index is -4.40. The molecule has 1 heterocycles. The van der Waals surface area contributed by atoms with Crippen molar-refractivity contribution in [2.24, 2.45) is 0 Å². The third-order valence-corrected chi connectivity index (χ3v) is 6.70. The Balaban J connectivity index is 1.74. The lowest BCUT2D eigenvalue weighted by Crippen LogP contribution is -2.19. The molecule has 0 saturated carbocycles. The van der Waals surface area contributed by atoms with E-state index in [4.69, 9.17) is 21.4 Å². The molecule has 0 aliphatic heterocycles. The number of sulfonamides is 1. The van der Waals surface area contributed by atoms with Crippen molar-refractivity contribution in [3.05, 3.63) is 63.4 Å². The van der Waals surface area contributed by atoms with E-state index in [0.717, 1.165) is 11.3 Å². The summed E-state index contributed by atoms with van der Waals surface area (Å²) in [4.78, 5) is 13.4. The van der Waals surface area contributed by atoms with Crippen molar-refractivity contribution >= 4 is 44.7 Å². The molecule has 3 rings (SSSR count). The maximum atomic E-state index is 14.7. The second-order valence-corrected chi connectivity index (χ2v) is 9.85. The van der Waals surface area contributed by atoms with Crippen LogP contribution >= 0.6 is 22.9 Å². The van der Waals surface area contributed by atoms with Crippen LogP contribution in [0, 0.1) is 11.6 Å². The molecule has 3 aromatic rings. The lowest BCUT2D eigenvalue weighted by molar-refractivity contribution is -0.136. The van der Waals surface area contributed by atoms with E-state index in [1.165, 1.54) is 23.0 Å².